The van der Waals surface area contributed by atoms with Gasteiger partial charge in [-0.05, 0) is 6.42 Å². The van der Waals surface area contributed by atoms with Gasteiger partial charge in [0.25, 0.3) is 0 Å². The van der Waals surface area contributed by atoms with Gasteiger partial charge in [0.15, 0.2) is 11.3 Å². The Morgan fingerprint density at radius 1 is 1.53 bits per heavy atom. The number of Topliss-reactive ketones (excluding diaryl/α,β-unsaturated/α-hetero) is 1. The molecule has 1 atom stereocenters. The van der Waals surface area contributed by atoms with Crippen molar-refractivity contribution in [3.63, 3.8) is 0 Å². The van der Waals surface area contributed by atoms with E-state index in [1.807, 2.05) is 0 Å². The van der Waals surface area contributed by atoms with Crippen LogP contribution in [-0.2, 0) is 4.79 Å². The molecular weight excluding hydrogens is 192 g/mol. The summed E-state index contributed by atoms with van der Waals surface area (Å²) in [7, 11) is 0. The Labute approximate surface area is 90.2 Å². The summed E-state index contributed by atoms with van der Waals surface area (Å²) in [6.07, 6.45) is 2.03. The summed E-state index contributed by atoms with van der Waals surface area (Å²) in [5.41, 5.74) is 5.07. The molecule has 0 aromatic heterocycles. The number of ketones is 1. The molecule has 5 heteroatoms. The van der Waals surface area contributed by atoms with Gasteiger partial charge in [-0.15, -0.1) is 0 Å². The third kappa shape index (κ3) is 2.99. The number of hydrogen-bond acceptors (Lipinski definition) is 5. The molecule has 1 aliphatic rings. The molecule has 0 spiro atoms. The SMILES string of the molecule is CCCNNCCC1(C#N)NCCC1=O. The van der Waals surface area contributed by atoms with Gasteiger partial charge in [0.05, 0.1) is 6.07 Å². The highest BCUT2D eigenvalue weighted by Crippen LogP contribution is 2.17. The van der Waals surface area contributed by atoms with E-state index in [0.717, 1.165) is 13.0 Å². The second-order valence-corrected chi connectivity index (χ2v) is 3.72. The minimum absolute atomic E-state index is 0.0160. The van der Waals surface area contributed by atoms with E-state index in [4.69, 9.17) is 5.26 Å². The van der Waals surface area contributed by atoms with Crippen molar-refractivity contribution in [2.75, 3.05) is 19.6 Å². The van der Waals surface area contributed by atoms with Crippen molar-refractivity contribution in [1.29, 1.82) is 5.26 Å². The third-order valence-corrected chi connectivity index (χ3v) is 2.57. The normalized spacial score (nSPS) is 25.5. The van der Waals surface area contributed by atoms with Crippen LogP contribution < -0.4 is 16.2 Å². The average molecular weight is 210 g/mol. The maximum absolute atomic E-state index is 11.5. The first-order valence-corrected chi connectivity index (χ1v) is 5.40. The molecule has 0 saturated carbocycles. The lowest BCUT2D eigenvalue weighted by molar-refractivity contribution is -0.120. The summed E-state index contributed by atoms with van der Waals surface area (Å²) < 4.78 is 0. The van der Waals surface area contributed by atoms with Gasteiger partial charge in [-0.2, -0.15) is 5.26 Å². The van der Waals surface area contributed by atoms with Crippen molar-refractivity contribution in [3.8, 4) is 6.07 Å². The Morgan fingerprint density at radius 3 is 2.80 bits per heavy atom. The molecule has 1 fully saturated rings. The fourth-order valence-electron chi connectivity index (χ4n) is 1.64. The smallest absolute Gasteiger partial charge is 0.168 e. The van der Waals surface area contributed by atoms with Crippen LogP contribution in [0.2, 0.25) is 0 Å². The number of nitriles is 1. The van der Waals surface area contributed by atoms with Crippen LogP contribution in [-0.4, -0.2) is 31.0 Å². The van der Waals surface area contributed by atoms with Crippen molar-refractivity contribution in [1.82, 2.24) is 16.2 Å². The van der Waals surface area contributed by atoms with Crippen LogP contribution >= 0.6 is 0 Å². The van der Waals surface area contributed by atoms with Crippen molar-refractivity contribution in [2.24, 2.45) is 0 Å². The summed E-state index contributed by atoms with van der Waals surface area (Å²) in [4.78, 5) is 11.5. The maximum Gasteiger partial charge on any atom is 0.168 e. The molecule has 0 aromatic carbocycles. The van der Waals surface area contributed by atoms with Gasteiger partial charge in [0, 0.05) is 32.5 Å². The molecule has 1 unspecified atom stereocenters. The predicted octanol–water partition coefficient (Wildman–Crippen LogP) is -0.295. The highest BCUT2D eigenvalue weighted by molar-refractivity contribution is 5.93. The van der Waals surface area contributed by atoms with Gasteiger partial charge >= 0.3 is 0 Å². The first-order valence-electron chi connectivity index (χ1n) is 5.40. The Kier molecular flexibility index (Phi) is 4.69. The zero-order valence-electron chi connectivity index (χ0n) is 9.10. The highest BCUT2D eigenvalue weighted by atomic mass is 16.1. The number of carbonyl (C=O) groups excluding carboxylic acids is 1. The highest BCUT2D eigenvalue weighted by Gasteiger charge is 2.41. The zero-order chi connectivity index (χ0) is 11.1. The minimum atomic E-state index is -0.944. The molecule has 1 heterocycles. The standard InChI is InChI=1S/C10H18N4O/c1-2-5-13-14-7-4-10(8-11)9(15)3-6-12-10/h12-14H,2-7H2,1H3. The lowest BCUT2D eigenvalue weighted by atomic mass is 9.94. The van der Waals surface area contributed by atoms with Gasteiger partial charge in [-0.1, -0.05) is 6.92 Å². The summed E-state index contributed by atoms with van der Waals surface area (Å²) in [6.45, 7) is 4.20. The Bertz CT molecular complexity index is 261. The molecule has 0 amide bonds. The Hall–Kier alpha value is -0.960. The first-order chi connectivity index (χ1) is 7.25. The quantitative estimate of drug-likeness (QED) is 0.415. The zero-order valence-corrected chi connectivity index (χ0v) is 9.10. The van der Waals surface area contributed by atoms with E-state index in [-0.39, 0.29) is 5.78 Å². The summed E-state index contributed by atoms with van der Waals surface area (Å²) in [6, 6.07) is 2.09. The number of nitrogens with one attached hydrogen (secondary N) is 3. The van der Waals surface area contributed by atoms with E-state index in [0.29, 0.717) is 25.9 Å². The monoisotopic (exact) mass is 210 g/mol. The van der Waals surface area contributed by atoms with Crippen molar-refractivity contribution in [3.05, 3.63) is 0 Å². The van der Waals surface area contributed by atoms with Crippen molar-refractivity contribution in [2.45, 2.75) is 31.7 Å². The molecule has 0 aliphatic carbocycles. The molecule has 0 bridgehead atoms. The molecular formula is C10H18N4O. The lowest BCUT2D eigenvalue weighted by Gasteiger charge is -2.19. The van der Waals surface area contributed by atoms with E-state index < -0.39 is 5.54 Å². The maximum atomic E-state index is 11.5. The van der Waals surface area contributed by atoms with Gasteiger partial charge < -0.3 is 0 Å². The van der Waals surface area contributed by atoms with E-state index in [1.54, 1.807) is 0 Å². The number of hydrazine groups is 1. The first kappa shape index (κ1) is 12.1. The van der Waals surface area contributed by atoms with Gasteiger partial charge in [-0.25, -0.2) is 0 Å². The van der Waals surface area contributed by atoms with E-state index in [1.165, 1.54) is 0 Å². The second-order valence-electron chi connectivity index (χ2n) is 3.72. The van der Waals surface area contributed by atoms with Crippen LogP contribution in [0.1, 0.15) is 26.2 Å². The third-order valence-electron chi connectivity index (χ3n) is 2.57. The Balaban J connectivity index is 2.29. The summed E-state index contributed by atoms with van der Waals surface area (Å²) in [5.74, 6) is 0.0160. The fourth-order valence-corrected chi connectivity index (χ4v) is 1.64. The van der Waals surface area contributed by atoms with Gasteiger partial charge in [-0.3, -0.25) is 21.0 Å². The molecule has 0 radical (unpaired) electrons. The minimum Gasteiger partial charge on any atom is -0.296 e. The fraction of sp³-hybridized carbons (Fsp3) is 0.800. The topological polar surface area (TPSA) is 76.9 Å². The number of rotatable bonds is 6. The van der Waals surface area contributed by atoms with Gasteiger partial charge in [0.2, 0.25) is 0 Å². The van der Waals surface area contributed by atoms with E-state index in [9.17, 15) is 4.79 Å². The summed E-state index contributed by atoms with van der Waals surface area (Å²) in [5, 5.41) is 12.0. The van der Waals surface area contributed by atoms with Crippen molar-refractivity contribution < 1.29 is 4.79 Å². The largest absolute Gasteiger partial charge is 0.296 e. The molecule has 15 heavy (non-hydrogen) atoms. The molecule has 3 N–H and O–H groups in total. The number of hydrogen-bond donors (Lipinski definition) is 3. The van der Waals surface area contributed by atoms with Crippen molar-refractivity contribution >= 4 is 5.78 Å². The Morgan fingerprint density at radius 2 is 2.27 bits per heavy atom. The molecule has 84 valence electrons. The molecule has 5 nitrogen and oxygen atoms in total. The summed E-state index contributed by atoms with van der Waals surface area (Å²) >= 11 is 0. The van der Waals surface area contributed by atoms with Crippen LogP contribution in [0.3, 0.4) is 0 Å². The molecule has 0 aromatic rings. The van der Waals surface area contributed by atoms with Gasteiger partial charge in [0.1, 0.15) is 0 Å². The van der Waals surface area contributed by atoms with E-state index >= 15 is 0 Å². The van der Waals surface area contributed by atoms with Crippen LogP contribution in [0, 0.1) is 11.3 Å². The average Bonchev–Trinajstić information content (AvgIpc) is 2.61. The number of nitrogens with zero attached hydrogens (tertiary/aromatic N) is 1. The molecule has 1 saturated heterocycles. The van der Waals surface area contributed by atoms with Crippen LogP contribution in [0.15, 0.2) is 0 Å². The predicted molar refractivity (Wildman–Crippen MR) is 56.9 cm³/mol. The van der Waals surface area contributed by atoms with Crippen LogP contribution in [0.25, 0.3) is 0 Å². The van der Waals surface area contributed by atoms with E-state index in [2.05, 4.69) is 29.2 Å². The lowest BCUT2D eigenvalue weighted by Crippen LogP contribution is -2.47. The van der Waals surface area contributed by atoms with Crippen LogP contribution in [0.4, 0.5) is 0 Å². The number of carbonyl (C=O) groups is 1. The van der Waals surface area contributed by atoms with Crippen LogP contribution in [0.5, 0.6) is 0 Å². The molecule has 1 rings (SSSR count). The molecule has 1 aliphatic heterocycles. The second kappa shape index (κ2) is 5.81.